The average molecular weight is 315 g/mol. The molecule has 0 saturated heterocycles. The molecule has 0 spiro atoms. The van der Waals surface area contributed by atoms with E-state index in [1.54, 1.807) is 0 Å². The second-order valence-corrected chi connectivity index (χ2v) is 5.93. The van der Waals surface area contributed by atoms with Crippen LogP contribution < -0.4 is 0 Å². The van der Waals surface area contributed by atoms with Crippen LogP contribution in [0.15, 0.2) is 28.7 Å². The van der Waals surface area contributed by atoms with E-state index in [-0.39, 0.29) is 12.4 Å². The van der Waals surface area contributed by atoms with E-state index in [1.807, 2.05) is 45.0 Å². The fourth-order valence-corrected chi connectivity index (χ4v) is 1.58. The first kappa shape index (κ1) is 15.2. The van der Waals surface area contributed by atoms with Crippen molar-refractivity contribution in [2.24, 2.45) is 0 Å². The quantitative estimate of drug-likeness (QED) is 0.614. The second-order valence-electron chi connectivity index (χ2n) is 5.02. The molecule has 0 amide bonds. The van der Waals surface area contributed by atoms with E-state index in [0.717, 1.165) is 10.0 Å². The van der Waals surface area contributed by atoms with E-state index >= 15 is 0 Å². The molecule has 0 aromatic heterocycles. The van der Waals surface area contributed by atoms with Gasteiger partial charge in [0, 0.05) is 4.47 Å². The number of esters is 1. The van der Waals surface area contributed by atoms with Gasteiger partial charge in [-0.1, -0.05) is 28.1 Å². The molecule has 0 aliphatic rings. The number of rotatable bonds is 5. The molecule has 0 fully saturated rings. The number of carbonyl (C=O) groups excluding carboxylic acids is 1. The Balaban J connectivity index is 2.19. The average Bonchev–Trinajstić information content (AvgIpc) is 2.24. The highest BCUT2D eigenvalue weighted by molar-refractivity contribution is 9.10. The largest absolute Gasteiger partial charge is 0.460 e. The number of hydrogen-bond acceptors (Lipinski definition) is 3. The Morgan fingerprint density at radius 3 is 2.39 bits per heavy atom. The van der Waals surface area contributed by atoms with Crippen LogP contribution in [0.3, 0.4) is 0 Å². The number of halogens is 1. The zero-order valence-corrected chi connectivity index (χ0v) is 12.6. The van der Waals surface area contributed by atoms with Crippen molar-refractivity contribution in [3.8, 4) is 0 Å². The monoisotopic (exact) mass is 314 g/mol. The highest BCUT2D eigenvalue weighted by atomic mass is 79.9. The van der Waals surface area contributed by atoms with Crippen LogP contribution in [0.25, 0.3) is 0 Å². The first-order valence-electron chi connectivity index (χ1n) is 5.91. The number of hydrogen-bond donors (Lipinski definition) is 0. The maximum Gasteiger partial charge on any atom is 0.308 e. The molecule has 0 aliphatic heterocycles. The van der Waals surface area contributed by atoms with Gasteiger partial charge in [0.2, 0.25) is 0 Å². The van der Waals surface area contributed by atoms with E-state index < -0.39 is 5.60 Å². The van der Waals surface area contributed by atoms with Crippen molar-refractivity contribution in [2.45, 2.75) is 39.4 Å². The third-order valence-corrected chi connectivity index (χ3v) is 2.58. The summed E-state index contributed by atoms with van der Waals surface area (Å²) < 4.78 is 11.7. The summed E-state index contributed by atoms with van der Waals surface area (Å²) in [5.41, 5.74) is 0.658. The van der Waals surface area contributed by atoms with E-state index in [1.165, 1.54) is 0 Å². The lowest BCUT2D eigenvalue weighted by molar-refractivity contribution is -0.156. The van der Waals surface area contributed by atoms with Crippen molar-refractivity contribution in [2.75, 3.05) is 6.61 Å². The zero-order valence-electron chi connectivity index (χ0n) is 11.0. The Bertz CT molecular complexity index is 379. The Morgan fingerprint density at radius 2 is 1.83 bits per heavy atom. The van der Waals surface area contributed by atoms with Gasteiger partial charge in [-0.2, -0.15) is 0 Å². The summed E-state index contributed by atoms with van der Waals surface area (Å²) in [7, 11) is 0. The topological polar surface area (TPSA) is 35.5 Å². The Kier molecular flexibility index (Phi) is 5.82. The van der Waals surface area contributed by atoms with Crippen LogP contribution in [0.4, 0.5) is 0 Å². The summed E-state index contributed by atoms with van der Waals surface area (Å²) in [6.07, 6.45) is 0.286. The van der Waals surface area contributed by atoms with Crippen LogP contribution in [0, 0.1) is 0 Å². The lowest BCUT2D eigenvalue weighted by Gasteiger charge is -2.19. The summed E-state index contributed by atoms with van der Waals surface area (Å²) >= 11 is 3.37. The van der Waals surface area contributed by atoms with E-state index in [0.29, 0.717) is 13.2 Å². The molecule has 1 aromatic carbocycles. The normalized spacial score (nSPS) is 11.3. The minimum atomic E-state index is -0.428. The van der Waals surface area contributed by atoms with Crippen LogP contribution in [0.1, 0.15) is 32.8 Å². The van der Waals surface area contributed by atoms with E-state index in [9.17, 15) is 4.79 Å². The van der Waals surface area contributed by atoms with Gasteiger partial charge in [0.1, 0.15) is 5.60 Å². The molecule has 100 valence electrons. The SMILES string of the molecule is CC(C)(C)OC(=O)CCOCc1ccc(Br)cc1. The molecule has 0 radical (unpaired) electrons. The number of carbonyl (C=O) groups is 1. The smallest absolute Gasteiger partial charge is 0.308 e. The molecule has 1 rings (SSSR count). The van der Waals surface area contributed by atoms with Crippen molar-refractivity contribution in [1.29, 1.82) is 0 Å². The molecule has 0 heterocycles. The predicted octanol–water partition coefficient (Wildman–Crippen LogP) is 3.70. The first-order valence-corrected chi connectivity index (χ1v) is 6.70. The molecule has 0 saturated carbocycles. The van der Waals surface area contributed by atoms with Crippen molar-refractivity contribution in [1.82, 2.24) is 0 Å². The van der Waals surface area contributed by atoms with E-state index in [4.69, 9.17) is 9.47 Å². The van der Waals surface area contributed by atoms with Gasteiger partial charge < -0.3 is 9.47 Å². The lowest BCUT2D eigenvalue weighted by Crippen LogP contribution is -2.24. The summed E-state index contributed by atoms with van der Waals surface area (Å²) in [4.78, 5) is 11.4. The van der Waals surface area contributed by atoms with Gasteiger partial charge in [0.15, 0.2) is 0 Å². The van der Waals surface area contributed by atoms with Gasteiger partial charge in [0.25, 0.3) is 0 Å². The summed E-state index contributed by atoms with van der Waals surface area (Å²) in [6.45, 7) is 6.45. The second kappa shape index (κ2) is 6.90. The van der Waals surface area contributed by atoms with Crippen molar-refractivity contribution in [3.63, 3.8) is 0 Å². The fraction of sp³-hybridized carbons (Fsp3) is 0.500. The maximum absolute atomic E-state index is 11.4. The third kappa shape index (κ3) is 6.77. The van der Waals surface area contributed by atoms with Gasteiger partial charge in [-0.3, -0.25) is 4.79 Å². The van der Waals surface area contributed by atoms with E-state index in [2.05, 4.69) is 15.9 Å². The van der Waals surface area contributed by atoms with Crippen LogP contribution >= 0.6 is 15.9 Å². The minimum Gasteiger partial charge on any atom is -0.460 e. The number of ether oxygens (including phenoxy) is 2. The maximum atomic E-state index is 11.4. The lowest BCUT2D eigenvalue weighted by atomic mass is 10.2. The van der Waals surface area contributed by atoms with Crippen molar-refractivity contribution >= 4 is 21.9 Å². The summed E-state index contributed by atoms with van der Waals surface area (Å²) in [5, 5.41) is 0. The fourth-order valence-electron chi connectivity index (χ4n) is 1.32. The first-order chi connectivity index (χ1) is 8.37. The van der Waals surface area contributed by atoms with Gasteiger partial charge in [-0.15, -0.1) is 0 Å². The molecule has 0 bridgehead atoms. The van der Waals surface area contributed by atoms with Gasteiger partial charge >= 0.3 is 5.97 Å². The third-order valence-electron chi connectivity index (χ3n) is 2.05. The molecular formula is C14H19BrO3. The molecule has 0 N–H and O–H groups in total. The standard InChI is InChI=1S/C14H19BrO3/c1-14(2,3)18-13(16)8-9-17-10-11-4-6-12(15)7-5-11/h4-7H,8-10H2,1-3H3. The molecule has 4 heteroatoms. The van der Waals surface area contributed by atoms with Gasteiger partial charge in [-0.25, -0.2) is 0 Å². The van der Waals surface area contributed by atoms with Gasteiger partial charge in [-0.05, 0) is 38.5 Å². The molecule has 3 nitrogen and oxygen atoms in total. The zero-order chi connectivity index (χ0) is 13.6. The van der Waals surface area contributed by atoms with Gasteiger partial charge in [0.05, 0.1) is 19.6 Å². The van der Waals surface area contributed by atoms with Crippen molar-refractivity contribution < 1.29 is 14.3 Å². The minimum absolute atomic E-state index is 0.224. The highest BCUT2D eigenvalue weighted by Gasteiger charge is 2.15. The number of benzene rings is 1. The molecule has 18 heavy (non-hydrogen) atoms. The molecule has 0 unspecified atom stereocenters. The molecular weight excluding hydrogens is 296 g/mol. The highest BCUT2D eigenvalue weighted by Crippen LogP contribution is 2.11. The van der Waals surface area contributed by atoms with Crippen LogP contribution in [-0.2, 0) is 20.9 Å². The van der Waals surface area contributed by atoms with Crippen LogP contribution in [-0.4, -0.2) is 18.2 Å². The Hall–Kier alpha value is -0.870. The molecule has 0 atom stereocenters. The summed E-state index contributed by atoms with van der Waals surface area (Å²) in [6, 6.07) is 7.90. The molecule has 0 aliphatic carbocycles. The molecule has 1 aromatic rings. The summed E-state index contributed by atoms with van der Waals surface area (Å²) in [5.74, 6) is -0.224. The van der Waals surface area contributed by atoms with Crippen LogP contribution in [0.2, 0.25) is 0 Å². The predicted molar refractivity (Wildman–Crippen MR) is 74.3 cm³/mol. The van der Waals surface area contributed by atoms with Crippen molar-refractivity contribution in [3.05, 3.63) is 34.3 Å². The Labute approximate surface area is 117 Å². The Morgan fingerprint density at radius 1 is 1.22 bits per heavy atom. The van der Waals surface area contributed by atoms with Crippen LogP contribution in [0.5, 0.6) is 0 Å².